The Bertz CT molecular complexity index is 428. The van der Waals surface area contributed by atoms with Crippen molar-refractivity contribution < 1.29 is 9.53 Å². The van der Waals surface area contributed by atoms with Crippen LogP contribution in [-0.2, 0) is 4.74 Å². The van der Waals surface area contributed by atoms with Crippen molar-refractivity contribution >= 4 is 17.9 Å². The van der Waals surface area contributed by atoms with Gasteiger partial charge in [0, 0.05) is 11.4 Å². The summed E-state index contributed by atoms with van der Waals surface area (Å²) in [6.45, 7) is 6.11. The van der Waals surface area contributed by atoms with Crippen LogP contribution in [0, 0.1) is 10.7 Å². The van der Waals surface area contributed by atoms with E-state index in [0.717, 1.165) is 24.2 Å². The van der Waals surface area contributed by atoms with Gasteiger partial charge < -0.3 is 10.1 Å². The normalized spacial score (nSPS) is 15.1. The Kier molecular flexibility index (Phi) is 5.97. The SMILES string of the molecule is CC(C)(C)OC(=O)NCCC1=CC=C(SC#N)CC1. The number of thioether (sulfide) groups is 1. The van der Waals surface area contributed by atoms with E-state index in [9.17, 15) is 4.79 Å². The van der Waals surface area contributed by atoms with Gasteiger partial charge in [-0.2, -0.15) is 5.26 Å². The summed E-state index contributed by atoms with van der Waals surface area (Å²) >= 11 is 1.22. The fourth-order valence-corrected chi connectivity index (χ4v) is 2.11. The van der Waals surface area contributed by atoms with Gasteiger partial charge in [0.1, 0.15) is 11.0 Å². The molecule has 5 heteroatoms. The van der Waals surface area contributed by atoms with E-state index in [-0.39, 0.29) is 6.09 Å². The minimum absolute atomic E-state index is 0.375. The monoisotopic (exact) mass is 280 g/mol. The molecule has 1 aliphatic rings. The van der Waals surface area contributed by atoms with E-state index in [1.54, 1.807) is 0 Å². The Labute approximate surface area is 118 Å². The summed E-state index contributed by atoms with van der Waals surface area (Å²) in [5.41, 5.74) is 0.832. The predicted molar refractivity (Wildman–Crippen MR) is 77.5 cm³/mol. The average molecular weight is 280 g/mol. The summed E-state index contributed by atoms with van der Waals surface area (Å²) in [7, 11) is 0. The minimum atomic E-state index is -0.458. The number of nitriles is 1. The van der Waals surface area contributed by atoms with E-state index in [0.29, 0.717) is 6.54 Å². The van der Waals surface area contributed by atoms with Crippen molar-refractivity contribution in [2.24, 2.45) is 0 Å². The summed E-state index contributed by atoms with van der Waals surface area (Å²) in [4.78, 5) is 12.5. The number of allylic oxidation sites excluding steroid dienone is 3. The molecule has 0 unspecified atom stereocenters. The van der Waals surface area contributed by atoms with Crippen molar-refractivity contribution in [1.29, 1.82) is 5.26 Å². The lowest BCUT2D eigenvalue weighted by atomic mass is 10.0. The molecule has 4 nitrogen and oxygen atoms in total. The lowest BCUT2D eigenvalue weighted by molar-refractivity contribution is 0.0528. The van der Waals surface area contributed by atoms with Crippen molar-refractivity contribution in [1.82, 2.24) is 5.32 Å². The summed E-state index contributed by atoms with van der Waals surface area (Å²) in [5, 5.41) is 13.4. The summed E-state index contributed by atoms with van der Waals surface area (Å²) in [5.74, 6) is 0. The van der Waals surface area contributed by atoms with Gasteiger partial charge in [-0.25, -0.2) is 4.79 Å². The summed E-state index contributed by atoms with van der Waals surface area (Å²) < 4.78 is 5.16. The average Bonchev–Trinajstić information content (AvgIpc) is 2.29. The third-order valence-electron chi connectivity index (χ3n) is 2.49. The van der Waals surface area contributed by atoms with Crippen LogP contribution in [0.3, 0.4) is 0 Å². The first-order valence-corrected chi connectivity index (χ1v) is 7.14. The number of hydrogen-bond acceptors (Lipinski definition) is 4. The van der Waals surface area contributed by atoms with E-state index in [4.69, 9.17) is 10.00 Å². The molecule has 0 saturated carbocycles. The zero-order chi connectivity index (χ0) is 14.3. The molecular formula is C14H20N2O2S. The number of ether oxygens (including phenoxy) is 1. The van der Waals surface area contributed by atoms with Crippen molar-refractivity contribution in [3.63, 3.8) is 0 Å². The Morgan fingerprint density at radius 2 is 2.21 bits per heavy atom. The van der Waals surface area contributed by atoms with Crippen molar-refractivity contribution in [2.75, 3.05) is 6.54 Å². The highest BCUT2D eigenvalue weighted by atomic mass is 32.2. The predicted octanol–water partition coefficient (Wildman–Crippen LogP) is 3.72. The molecular weight excluding hydrogens is 260 g/mol. The molecule has 0 spiro atoms. The molecule has 0 heterocycles. The van der Waals surface area contributed by atoms with Gasteiger partial charge in [-0.1, -0.05) is 17.7 Å². The third-order valence-corrected chi connectivity index (χ3v) is 3.18. The largest absolute Gasteiger partial charge is 0.444 e. The number of carbonyl (C=O) groups excluding carboxylic acids is 1. The fraction of sp³-hybridized carbons (Fsp3) is 0.571. The molecule has 0 aromatic heterocycles. The quantitative estimate of drug-likeness (QED) is 0.797. The van der Waals surface area contributed by atoms with Crippen LogP contribution >= 0.6 is 11.8 Å². The Morgan fingerprint density at radius 3 is 2.74 bits per heavy atom. The second-order valence-electron chi connectivity index (χ2n) is 5.33. The molecule has 0 atom stereocenters. The number of nitrogens with zero attached hydrogens (tertiary/aromatic N) is 1. The van der Waals surface area contributed by atoms with Crippen molar-refractivity contribution in [3.8, 4) is 5.40 Å². The van der Waals surface area contributed by atoms with Crippen LogP contribution in [0.4, 0.5) is 4.79 Å². The maximum absolute atomic E-state index is 11.4. The number of rotatable bonds is 4. The second kappa shape index (κ2) is 7.25. The van der Waals surface area contributed by atoms with E-state index in [1.807, 2.05) is 32.9 Å². The van der Waals surface area contributed by atoms with Crippen LogP contribution in [0.25, 0.3) is 0 Å². The van der Waals surface area contributed by atoms with Crippen molar-refractivity contribution in [2.45, 2.75) is 45.6 Å². The maximum Gasteiger partial charge on any atom is 0.407 e. The van der Waals surface area contributed by atoms with Gasteiger partial charge in [0.25, 0.3) is 0 Å². The third kappa shape index (κ3) is 6.92. The highest BCUT2D eigenvalue weighted by Crippen LogP contribution is 2.27. The standard InChI is InChI=1S/C14H20N2O2S/c1-14(2,3)18-13(17)16-9-8-11-4-6-12(7-5-11)19-10-15/h4,6H,5,7-9H2,1-3H3,(H,16,17). The molecule has 0 saturated heterocycles. The molecule has 1 N–H and O–H groups in total. The number of alkyl carbamates (subject to hydrolysis) is 1. The zero-order valence-corrected chi connectivity index (χ0v) is 12.5. The Hall–Kier alpha value is -1.41. The molecule has 1 aliphatic carbocycles. The first kappa shape index (κ1) is 15.6. The van der Waals surface area contributed by atoms with Gasteiger partial charge in [-0.15, -0.1) is 0 Å². The molecule has 0 aromatic carbocycles. The van der Waals surface area contributed by atoms with Gasteiger partial charge in [-0.05, 0) is 51.8 Å². The number of carbonyl (C=O) groups is 1. The molecule has 0 radical (unpaired) electrons. The van der Waals surface area contributed by atoms with E-state index < -0.39 is 5.60 Å². The van der Waals surface area contributed by atoms with Gasteiger partial charge in [0.15, 0.2) is 0 Å². The first-order chi connectivity index (χ1) is 8.90. The number of amides is 1. The van der Waals surface area contributed by atoms with Gasteiger partial charge >= 0.3 is 6.09 Å². The molecule has 0 aliphatic heterocycles. The number of thiocyanates is 1. The van der Waals surface area contributed by atoms with Gasteiger partial charge in [0.2, 0.25) is 0 Å². The number of hydrogen-bond donors (Lipinski definition) is 1. The summed E-state index contributed by atoms with van der Waals surface area (Å²) in [6.07, 6.45) is 6.34. The molecule has 19 heavy (non-hydrogen) atoms. The van der Waals surface area contributed by atoms with Crippen LogP contribution in [0.1, 0.15) is 40.0 Å². The molecule has 1 rings (SSSR count). The molecule has 104 valence electrons. The molecule has 1 amide bonds. The lowest BCUT2D eigenvalue weighted by Gasteiger charge is -2.20. The van der Waals surface area contributed by atoms with Crippen molar-refractivity contribution in [3.05, 3.63) is 22.6 Å². The van der Waals surface area contributed by atoms with E-state index in [2.05, 4.69) is 10.7 Å². The second-order valence-corrected chi connectivity index (χ2v) is 6.24. The maximum atomic E-state index is 11.4. The molecule has 0 aromatic rings. The smallest absolute Gasteiger partial charge is 0.407 e. The van der Waals surface area contributed by atoms with E-state index >= 15 is 0 Å². The number of nitrogens with one attached hydrogen (secondary N) is 1. The highest BCUT2D eigenvalue weighted by molar-refractivity contribution is 8.07. The molecule has 0 bridgehead atoms. The Morgan fingerprint density at radius 1 is 1.47 bits per heavy atom. The Balaban J connectivity index is 2.28. The fourth-order valence-electron chi connectivity index (χ4n) is 1.65. The topological polar surface area (TPSA) is 62.1 Å². The lowest BCUT2D eigenvalue weighted by Crippen LogP contribution is -2.33. The minimum Gasteiger partial charge on any atom is -0.444 e. The van der Waals surface area contributed by atoms with Crippen LogP contribution in [0.2, 0.25) is 0 Å². The van der Waals surface area contributed by atoms with E-state index in [1.165, 1.54) is 17.3 Å². The van der Waals surface area contributed by atoms with Crippen LogP contribution in [0.5, 0.6) is 0 Å². The first-order valence-electron chi connectivity index (χ1n) is 6.32. The highest BCUT2D eigenvalue weighted by Gasteiger charge is 2.15. The van der Waals surface area contributed by atoms with Gasteiger partial charge in [0.05, 0.1) is 0 Å². The van der Waals surface area contributed by atoms with Crippen LogP contribution < -0.4 is 5.32 Å². The molecule has 0 fully saturated rings. The summed E-state index contributed by atoms with van der Waals surface area (Å²) in [6, 6.07) is 0. The van der Waals surface area contributed by atoms with Gasteiger partial charge in [-0.3, -0.25) is 0 Å². The van der Waals surface area contributed by atoms with Crippen LogP contribution in [0.15, 0.2) is 22.6 Å². The zero-order valence-electron chi connectivity index (χ0n) is 11.7. The van der Waals surface area contributed by atoms with Crippen LogP contribution in [-0.4, -0.2) is 18.2 Å².